The first-order valence-corrected chi connectivity index (χ1v) is 12.8. The highest BCUT2D eigenvalue weighted by Crippen LogP contribution is 2.36. The van der Waals surface area contributed by atoms with Crippen LogP contribution >= 0.6 is 0 Å². The highest BCUT2D eigenvalue weighted by Gasteiger charge is 2.48. The molecule has 0 saturated carbocycles. The van der Waals surface area contributed by atoms with Gasteiger partial charge in [-0.1, -0.05) is 72.3 Å². The van der Waals surface area contributed by atoms with Crippen LogP contribution in [0, 0.1) is 6.92 Å². The summed E-state index contributed by atoms with van der Waals surface area (Å²) in [6.45, 7) is 4.09. The number of amides is 3. The van der Waals surface area contributed by atoms with Gasteiger partial charge in [0.1, 0.15) is 0 Å². The summed E-state index contributed by atoms with van der Waals surface area (Å²) in [6, 6.07) is 23.7. The fourth-order valence-corrected chi connectivity index (χ4v) is 4.83. The molecule has 2 saturated heterocycles. The molecular weight excluding hydrogens is 482 g/mol. The summed E-state index contributed by atoms with van der Waals surface area (Å²) >= 11 is 0. The van der Waals surface area contributed by atoms with E-state index in [4.69, 9.17) is 9.47 Å². The zero-order chi connectivity index (χ0) is 26.5. The van der Waals surface area contributed by atoms with Crippen molar-refractivity contribution in [1.82, 2.24) is 9.80 Å². The van der Waals surface area contributed by atoms with Gasteiger partial charge in [0, 0.05) is 18.8 Å². The first kappa shape index (κ1) is 25.5. The highest BCUT2D eigenvalue weighted by molar-refractivity contribution is 5.92. The number of hydrogen-bond donors (Lipinski definition) is 1. The molecule has 2 unspecified atom stereocenters. The van der Waals surface area contributed by atoms with Gasteiger partial charge < -0.3 is 19.7 Å². The summed E-state index contributed by atoms with van der Waals surface area (Å²) < 4.78 is 11.3. The van der Waals surface area contributed by atoms with Crippen molar-refractivity contribution in [2.24, 2.45) is 0 Å². The van der Waals surface area contributed by atoms with Crippen molar-refractivity contribution in [2.45, 2.75) is 32.0 Å². The zero-order valence-electron chi connectivity index (χ0n) is 21.3. The topological polar surface area (TPSA) is 88.2 Å². The van der Waals surface area contributed by atoms with Crippen molar-refractivity contribution in [2.75, 3.05) is 31.6 Å². The minimum Gasteiger partial charge on any atom is -0.438 e. The van der Waals surface area contributed by atoms with Gasteiger partial charge in [0.15, 0.2) is 12.1 Å². The fourth-order valence-electron chi connectivity index (χ4n) is 4.83. The Labute approximate surface area is 222 Å². The molecule has 1 N–H and O–H groups in total. The third kappa shape index (κ3) is 5.86. The van der Waals surface area contributed by atoms with Crippen LogP contribution in [0.4, 0.5) is 10.5 Å². The van der Waals surface area contributed by atoms with Gasteiger partial charge in [0.05, 0.1) is 26.2 Å². The van der Waals surface area contributed by atoms with E-state index in [2.05, 4.69) is 5.32 Å². The molecule has 0 aromatic heterocycles. The third-order valence-electron chi connectivity index (χ3n) is 6.84. The summed E-state index contributed by atoms with van der Waals surface area (Å²) in [6.07, 6.45) is -1.11. The highest BCUT2D eigenvalue weighted by atomic mass is 16.6. The predicted octanol–water partition coefficient (Wildman–Crippen LogP) is 4.10. The molecule has 8 nitrogen and oxygen atoms in total. The van der Waals surface area contributed by atoms with E-state index < -0.39 is 18.2 Å². The summed E-state index contributed by atoms with van der Waals surface area (Å²) in [5, 5.41) is 2.92. The molecule has 2 fully saturated rings. The molecule has 2 aliphatic heterocycles. The van der Waals surface area contributed by atoms with E-state index in [0.717, 1.165) is 16.7 Å². The number of nitrogens with one attached hydrogen (secondary N) is 1. The third-order valence-corrected chi connectivity index (χ3v) is 6.84. The Bertz CT molecular complexity index is 1290. The van der Waals surface area contributed by atoms with Gasteiger partial charge in [0.25, 0.3) is 0 Å². The summed E-state index contributed by atoms with van der Waals surface area (Å²) in [4.78, 5) is 42.8. The van der Waals surface area contributed by atoms with E-state index in [0.29, 0.717) is 37.6 Å². The maximum absolute atomic E-state index is 13.8. The molecular formula is C30H31N3O5. The smallest absolute Gasteiger partial charge is 0.411 e. The first-order valence-electron chi connectivity index (χ1n) is 12.8. The predicted molar refractivity (Wildman–Crippen MR) is 142 cm³/mol. The molecule has 196 valence electrons. The van der Waals surface area contributed by atoms with Gasteiger partial charge in [-0.05, 0) is 35.7 Å². The zero-order valence-corrected chi connectivity index (χ0v) is 21.3. The summed E-state index contributed by atoms with van der Waals surface area (Å²) in [7, 11) is 0. The van der Waals surface area contributed by atoms with Gasteiger partial charge in [-0.2, -0.15) is 0 Å². The van der Waals surface area contributed by atoms with E-state index in [9.17, 15) is 14.4 Å². The second kappa shape index (κ2) is 11.5. The van der Waals surface area contributed by atoms with E-state index in [-0.39, 0.29) is 24.8 Å². The van der Waals surface area contributed by atoms with Crippen LogP contribution in [0.25, 0.3) is 0 Å². The van der Waals surface area contributed by atoms with Crippen LogP contribution < -0.4 is 5.32 Å². The monoisotopic (exact) mass is 513 g/mol. The second-order valence-electron chi connectivity index (χ2n) is 9.64. The number of ether oxygens (including phenoxy) is 2. The van der Waals surface area contributed by atoms with E-state index in [1.54, 1.807) is 23.1 Å². The standard InChI is InChI=1S/C30H31N3O5/c1-21-10-12-23(13-11-21)20-33-27(29(35)32-14-16-37-17-15-32)28(38-30(33)36)24-8-5-9-25(19-24)31-26(34)18-22-6-3-2-4-7-22/h2-13,19,27-28H,14-18,20H2,1H3,(H,31,34). The van der Waals surface area contributed by atoms with Gasteiger partial charge >= 0.3 is 6.09 Å². The van der Waals surface area contributed by atoms with Crippen molar-refractivity contribution >= 4 is 23.6 Å². The molecule has 2 heterocycles. The molecule has 2 aliphatic rings. The molecule has 3 aromatic carbocycles. The Kier molecular flexibility index (Phi) is 7.70. The molecule has 3 aromatic rings. The lowest BCUT2D eigenvalue weighted by Gasteiger charge is -2.33. The number of nitrogens with zero attached hydrogens (tertiary/aromatic N) is 2. The van der Waals surface area contributed by atoms with Crippen molar-refractivity contribution in [3.8, 4) is 0 Å². The molecule has 5 rings (SSSR count). The van der Waals surface area contributed by atoms with Gasteiger partial charge in [-0.3, -0.25) is 14.5 Å². The van der Waals surface area contributed by atoms with Crippen molar-refractivity contribution in [3.05, 3.63) is 101 Å². The Balaban J connectivity index is 1.39. The molecule has 38 heavy (non-hydrogen) atoms. The van der Waals surface area contributed by atoms with Crippen LogP contribution in [0.2, 0.25) is 0 Å². The Hall–Kier alpha value is -4.17. The van der Waals surface area contributed by atoms with Gasteiger partial charge in [0.2, 0.25) is 11.8 Å². The van der Waals surface area contributed by atoms with Crippen molar-refractivity contribution < 1.29 is 23.9 Å². The van der Waals surface area contributed by atoms with Crippen LogP contribution in [0.3, 0.4) is 0 Å². The van der Waals surface area contributed by atoms with Crippen LogP contribution in [-0.2, 0) is 32.0 Å². The number of aryl methyl sites for hydroxylation is 1. The molecule has 0 spiro atoms. The molecule has 8 heteroatoms. The summed E-state index contributed by atoms with van der Waals surface area (Å²) in [5.41, 5.74) is 4.16. The lowest BCUT2D eigenvalue weighted by molar-refractivity contribution is -0.141. The Morgan fingerprint density at radius 2 is 1.66 bits per heavy atom. The number of carbonyl (C=O) groups is 3. The molecule has 3 amide bonds. The maximum Gasteiger partial charge on any atom is 0.411 e. The Morgan fingerprint density at radius 1 is 0.921 bits per heavy atom. The second-order valence-corrected chi connectivity index (χ2v) is 9.64. The number of morpholine rings is 1. The lowest BCUT2D eigenvalue weighted by atomic mass is 9.99. The SMILES string of the molecule is Cc1ccc(CN2C(=O)OC(c3cccc(NC(=O)Cc4ccccc4)c3)C2C(=O)N2CCOCC2)cc1. The number of rotatable bonds is 7. The average Bonchev–Trinajstić information content (AvgIpc) is 3.26. The molecule has 0 aliphatic carbocycles. The number of hydrogen-bond acceptors (Lipinski definition) is 5. The van der Waals surface area contributed by atoms with Gasteiger partial charge in [-0.25, -0.2) is 4.79 Å². The van der Waals surface area contributed by atoms with Crippen molar-refractivity contribution in [3.63, 3.8) is 0 Å². The molecule has 0 bridgehead atoms. The van der Waals surface area contributed by atoms with E-state index in [1.165, 1.54) is 4.90 Å². The number of carbonyl (C=O) groups excluding carboxylic acids is 3. The Morgan fingerprint density at radius 3 is 2.39 bits per heavy atom. The largest absolute Gasteiger partial charge is 0.438 e. The lowest BCUT2D eigenvalue weighted by Crippen LogP contribution is -2.51. The number of cyclic esters (lactones) is 1. The summed E-state index contributed by atoms with van der Waals surface area (Å²) in [5.74, 6) is -0.325. The number of benzene rings is 3. The van der Waals surface area contributed by atoms with Gasteiger partial charge in [-0.15, -0.1) is 0 Å². The van der Waals surface area contributed by atoms with Crippen LogP contribution in [-0.4, -0.2) is 60.1 Å². The molecule has 0 radical (unpaired) electrons. The average molecular weight is 514 g/mol. The first-order chi connectivity index (χ1) is 18.5. The normalized spacial score (nSPS) is 19.2. The van der Waals surface area contributed by atoms with Crippen molar-refractivity contribution in [1.29, 1.82) is 0 Å². The van der Waals surface area contributed by atoms with Crippen LogP contribution in [0.5, 0.6) is 0 Å². The minimum atomic E-state index is -0.836. The fraction of sp³-hybridized carbons (Fsp3) is 0.300. The minimum absolute atomic E-state index is 0.154. The number of anilines is 1. The quantitative estimate of drug-likeness (QED) is 0.514. The van der Waals surface area contributed by atoms with E-state index in [1.807, 2.05) is 67.6 Å². The maximum atomic E-state index is 13.8. The molecule has 2 atom stereocenters. The van der Waals surface area contributed by atoms with Crippen LogP contribution in [0.1, 0.15) is 28.4 Å². The van der Waals surface area contributed by atoms with E-state index >= 15 is 0 Å². The van der Waals surface area contributed by atoms with Crippen LogP contribution in [0.15, 0.2) is 78.9 Å².